The molecule has 0 heterocycles. The Balaban J connectivity index is -0.0000000128. The molecule has 15 heteroatoms. The predicted molar refractivity (Wildman–Crippen MR) is 42.1 cm³/mol. The van der Waals surface area contributed by atoms with Crippen LogP contribution in [-0.2, 0) is 67.6 Å². The zero-order chi connectivity index (χ0) is 9.00. The average molecular weight is 440 g/mol. The van der Waals surface area contributed by atoms with Crippen LogP contribution in [0.5, 0.6) is 0 Å². The van der Waals surface area contributed by atoms with Gasteiger partial charge in [0.25, 0.3) is 0 Å². The van der Waals surface area contributed by atoms with Crippen LogP contribution < -0.4 is 0 Å². The van der Waals surface area contributed by atoms with Crippen molar-refractivity contribution in [2.75, 3.05) is 0 Å². The molecule has 0 unspecified atom stereocenters. The summed E-state index contributed by atoms with van der Waals surface area (Å²) < 4.78 is 17.8. The molecule has 0 rings (SSSR count). The summed E-state index contributed by atoms with van der Waals surface area (Å²) in [7, 11) is -9.28. The van der Waals surface area contributed by atoms with Gasteiger partial charge in [0.05, 0.1) is 0 Å². The molecule has 0 aliphatic rings. The van der Waals surface area contributed by atoms with E-state index in [9.17, 15) is 0 Å². The van der Waals surface area contributed by atoms with Gasteiger partial charge in [-0.15, -0.1) is 0 Å². The van der Waals surface area contributed by atoms with Crippen LogP contribution in [0.3, 0.4) is 0 Å². The van der Waals surface area contributed by atoms with E-state index < -0.39 is 15.6 Å². The first kappa shape index (κ1) is 43.2. The van der Waals surface area contributed by atoms with E-state index in [4.69, 9.17) is 38.5 Å². The maximum Gasteiger partial charge on any atom is 0.466 e. The molecular formula is H11AlO9P2Zn3. The molecule has 8 N–H and O–H groups in total. The van der Waals surface area contributed by atoms with Gasteiger partial charge in [-0.3, -0.25) is 0 Å². The number of phosphoric acid groups is 2. The number of rotatable bonds is 0. The third kappa shape index (κ3) is 529. The Morgan fingerprint density at radius 3 is 0.600 bits per heavy atom. The molecule has 0 fully saturated rings. The fraction of sp³-hybridized carbons (Fsp3) is 0. The fourth-order valence-electron chi connectivity index (χ4n) is 0. The molecule has 0 aliphatic heterocycles. The van der Waals surface area contributed by atoms with Gasteiger partial charge in [-0.2, -0.15) is 0 Å². The summed E-state index contributed by atoms with van der Waals surface area (Å²) in [5.41, 5.74) is 0. The molecular weight excluding hydrogens is 429 g/mol. The van der Waals surface area contributed by atoms with Crippen molar-refractivity contribution in [3.05, 3.63) is 0 Å². The number of hydrogen-bond donors (Lipinski definition) is 6. The molecule has 0 bridgehead atoms. The molecule has 0 aromatic heterocycles. The minimum atomic E-state index is -4.64. The Bertz CT molecular complexity index is 136. The van der Waals surface area contributed by atoms with Crippen molar-refractivity contribution in [2.24, 2.45) is 0 Å². The minimum absolute atomic E-state index is 0. The van der Waals surface area contributed by atoms with Gasteiger partial charge in [-0.1, -0.05) is 0 Å². The number of hydrogen-bond acceptors (Lipinski definition) is 2. The molecule has 0 aromatic rings. The second-order valence-corrected chi connectivity index (χ2v) is 3.08. The third-order valence-electron chi connectivity index (χ3n) is 0. The second kappa shape index (κ2) is 18.9. The van der Waals surface area contributed by atoms with Crippen LogP contribution in [0.1, 0.15) is 0 Å². The van der Waals surface area contributed by atoms with E-state index >= 15 is 0 Å². The van der Waals surface area contributed by atoms with Crippen molar-refractivity contribution in [1.29, 1.82) is 0 Å². The van der Waals surface area contributed by atoms with E-state index in [1.807, 2.05) is 0 Å². The third-order valence-corrected chi connectivity index (χ3v) is 0. The van der Waals surface area contributed by atoms with Crippen LogP contribution >= 0.6 is 15.6 Å². The van der Waals surface area contributed by atoms with Crippen molar-refractivity contribution >= 4 is 33.0 Å². The van der Waals surface area contributed by atoms with Gasteiger partial charge < -0.3 is 34.8 Å². The fourth-order valence-corrected chi connectivity index (χ4v) is 0. The standard InChI is InChI=1S/Al.2H3O4P.H2O.3Zn.3H/c;2*1-5(2,3)4;;;;;;;/h;2*(H3,1,2,3,4);1H2;;;;;;. The predicted octanol–water partition coefficient (Wildman–Crippen LogP) is -3.87. The van der Waals surface area contributed by atoms with E-state index in [1.54, 1.807) is 0 Å². The van der Waals surface area contributed by atoms with Crippen LogP contribution in [0, 0.1) is 0 Å². The average Bonchev–Trinajstić information content (AvgIpc) is 1.12. The molecule has 0 atom stereocenters. The first-order valence-corrected chi connectivity index (χ1v) is 4.70. The Kier molecular flexibility index (Phi) is 54.5. The molecule has 0 saturated heterocycles. The Hall–Kier alpha value is 2.58. The van der Waals surface area contributed by atoms with Gasteiger partial charge in [0.15, 0.2) is 17.4 Å². The van der Waals surface area contributed by atoms with Crippen LogP contribution in [0.2, 0.25) is 0 Å². The van der Waals surface area contributed by atoms with Gasteiger partial charge in [0, 0.05) is 58.4 Å². The Morgan fingerprint density at radius 1 is 0.600 bits per heavy atom. The van der Waals surface area contributed by atoms with Gasteiger partial charge in [-0.05, 0) is 0 Å². The van der Waals surface area contributed by atoms with Gasteiger partial charge in [0.1, 0.15) is 0 Å². The molecule has 15 heavy (non-hydrogen) atoms. The molecule has 0 spiro atoms. The van der Waals surface area contributed by atoms with Crippen LogP contribution in [0.4, 0.5) is 0 Å². The Labute approximate surface area is 134 Å². The molecule has 9 nitrogen and oxygen atoms in total. The summed E-state index contributed by atoms with van der Waals surface area (Å²) in [5, 5.41) is 0. The van der Waals surface area contributed by atoms with E-state index in [-0.39, 0.29) is 81.3 Å². The smallest absolute Gasteiger partial charge is 0.412 e. The zero-order valence-electron chi connectivity index (χ0n) is 7.02. The first-order valence-electron chi connectivity index (χ1n) is 1.57. The molecule has 0 aromatic carbocycles. The molecule has 0 aliphatic carbocycles. The van der Waals surface area contributed by atoms with Crippen LogP contribution in [-0.4, -0.2) is 52.2 Å². The second-order valence-electron chi connectivity index (χ2n) is 1.03. The maximum absolute atomic E-state index is 8.88. The quantitative estimate of drug-likeness (QED) is 0.163. The van der Waals surface area contributed by atoms with Crippen LogP contribution in [0.25, 0.3) is 0 Å². The largest absolute Gasteiger partial charge is 0.466 e. The van der Waals surface area contributed by atoms with E-state index in [0.717, 1.165) is 0 Å². The maximum atomic E-state index is 8.88. The molecule has 0 amide bonds. The molecule has 0 radical (unpaired) electrons. The summed E-state index contributed by atoms with van der Waals surface area (Å²) in [6.07, 6.45) is 0. The minimum Gasteiger partial charge on any atom is -0.412 e. The summed E-state index contributed by atoms with van der Waals surface area (Å²) in [5.74, 6) is 0. The monoisotopic (exact) mass is 436 g/mol. The summed E-state index contributed by atoms with van der Waals surface area (Å²) in [6.45, 7) is 0. The molecule has 84 valence electrons. The first-order chi connectivity index (χ1) is 4.00. The summed E-state index contributed by atoms with van der Waals surface area (Å²) in [6, 6.07) is 0. The van der Waals surface area contributed by atoms with Crippen molar-refractivity contribution < 1.29 is 102 Å². The van der Waals surface area contributed by atoms with Crippen molar-refractivity contribution in [3.8, 4) is 0 Å². The molecule has 0 saturated carbocycles. The van der Waals surface area contributed by atoms with E-state index in [0.29, 0.717) is 0 Å². The van der Waals surface area contributed by atoms with Crippen molar-refractivity contribution in [1.82, 2.24) is 0 Å². The Morgan fingerprint density at radius 2 is 0.600 bits per heavy atom. The van der Waals surface area contributed by atoms with Gasteiger partial charge in [-0.25, -0.2) is 9.13 Å². The van der Waals surface area contributed by atoms with Gasteiger partial charge in [0.2, 0.25) is 0 Å². The zero-order valence-corrected chi connectivity index (χ0v) is 17.7. The van der Waals surface area contributed by atoms with E-state index in [1.165, 1.54) is 0 Å². The van der Waals surface area contributed by atoms with Gasteiger partial charge >= 0.3 is 15.6 Å². The van der Waals surface area contributed by atoms with Crippen molar-refractivity contribution in [2.45, 2.75) is 0 Å². The normalized spacial score (nSPS) is 7.87. The van der Waals surface area contributed by atoms with Crippen molar-refractivity contribution in [3.63, 3.8) is 0 Å². The summed E-state index contributed by atoms with van der Waals surface area (Å²) in [4.78, 5) is 43.1. The van der Waals surface area contributed by atoms with E-state index in [2.05, 4.69) is 0 Å². The SMILES string of the molecule is O.O=P(O)(O)O.O=P(O)(O)O.[AlH3].[Zn].[Zn].[Zn]. The van der Waals surface area contributed by atoms with Crippen LogP contribution in [0.15, 0.2) is 0 Å². The summed E-state index contributed by atoms with van der Waals surface area (Å²) >= 11 is 0. The topological polar surface area (TPSA) is 187 Å².